The van der Waals surface area contributed by atoms with Gasteiger partial charge in [-0.3, -0.25) is 4.79 Å². The lowest BCUT2D eigenvalue weighted by atomic mass is 10.0. The predicted molar refractivity (Wildman–Crippen MR) is 76.1 cm³/mol. The van der Waals surface area contributed by atoms with Crippen LogP contribution in [0.25, 0.3) is 0 Å². The average Bonchev–Trinajstić information content (AvgIpc) is 2.92. The number of benzene rings is 1. The first-order valence-corrected chi connectivity index (χ1v) is 7.29. The van der Waals surface area contributed by atoms with E-state index in [1.165, 1.54) is 25.7 Å². The Morgan fingerprint density at radius 1 is 1.21 bits per heavy atom. The molecule has 3 nitrogen and oxygen atoms in total. The van der Waals surface area contributed by atoms with Gasteiger partial charge in [0.05, 0.1) is 6.61 Å². The Morgan fingerprint density at radius 2 is 1.95 bits per heavy atom. The van der Waals surface area contributed by atoms with E-state index in [2.05, 4.69) is 5.32 Å². The number of carbonyl (C=O) groups is 1. The summed E-state index contributed by atoms with van der Waals surface area (Å²) >= 11 is 0. The fourth-order valence-corrected chi connectivity index (χ4v) is 2.56. The number of hydrogen-bond donors (Lipinski definition) is 1. The first kappa shape index (κ1) is 13.9. The standard InChI is InChI=1S/C16H23NO2/c18-16(13-14-7-4-5-8-14)17-11-6-12-19-15-9-2-1-3-10-15/h1-3,9-10,14H,4-8,11-13H2,(H,17,18). The molecule has 1 aliphatic rings. The molecule has 0 heterocycles. The maximum absolute atomic E-state index is 11.7. The van der Waals surface area contributed by atoms with E-state index in [0.29, 0.717) is 25.5 Å². The molecule has 0 atom stereocenters. The predicted octanol–water partition coefficient (Wildman–Crippen LogP) is 3.15. The number of carbonyl (C=O) groups excluding carboxylic acids is 1. The van der Waals surface area contributed by atoms with Crippen LogP contribution in [0.2, 0.25) is 0 Å². The van der Waals surface area contributed by atoms with Gasteiger partial charge in [0.25, 0.3) is 0 Å². The SMILES string of the molecule is O=C(CC1CCCC1)NCCCOc1ccccc1. The first-order valence-electron chi connectivity index (χ1n) is 7.29. The van der Waals surface area contributed by atoms with Crippen molar-refractivity contribution in [3.8, 4) is 5.75 Å². The molecule has 1 aromatic carbocycles. The van der Waals surface area contributed by atoms with Crippen molar-refractivity contribution in [2.75, 3.05) is 13.2 Å². The Morgan fingerprint density at radius 3 is 2.68 bits per heavy atom. The average molecular weight is 261 g/mol. The molecule has 1 saturated carbocycles. The molecular weight excluding hydrogens is 238 g/mol. The Bertz CT molecular complexity index is 372. The van der Waals surface area contributed by atoms with Crippen LogP contribution in [0.4, 0.5) is 0 Å². The third-order valence-electron chi connectivity index (χ3n) is 3.60. The lowest BCUT2D eigenvalue weighted by Crippen LogP contribution is -2.27. The lowest BCUT2D eigenvalue weighted by molar-refractivity contribution is -0.122. The number of ether oxygens (including phenoxy) is 1. The summed E-state index contributed by atoms with van der Waals surface area (Å²) in [6.07, 6.45) is 6.60. The fraction of sp³-hybridized carbons (Fsp3) is 0.562. The maximum Gasteiger partial charge on any atom is 0.220 e. The summed E-state index contributed by atoms with van der Waals surface area (Å²) in [5.41, 5.74) is 0. The minimum Gasteiger partial charge on any atom is -0.494 e. The van der Waals surface area contributed by atoms with Gasteiger partial charge in [0.15, 0.2) is 0 Å². The Balaban J connectivity index is 1.50. The lowest BCUT2D eigenvalue weighted by Gasteiger charge is -2.10. The highest BCUT2D eigenvalue weighted by molar-refractivity contribution is 5.76. The smallest absolute Gasteiger partial charge is 0.220 e. The van der Waals surface area contributed by atoms with E-state index in [0.717, 1.165) is 12.2 Å². The van der Waals surface area contributed by atoms with Crippen molar-refractivity contribution in [3.05, 3.63) is 30.3 Å². The van der Waals surface area contributed by atoms with Gasteiger partial charge in [0.2, 0.25) is 5.91 Å². The highest BCUT2D eigenvalue weighted by Crippen LogP contribution is 2.27. The van der Waals surface area contributed by atoms with Crippen LogP contribution in [0.5, 0.6) is 5.75 Å². The Hall–Kier alpha value is -1.51. The van der Waals surface area contributed by atoms with Crippen molar-refractivity contribution in [1.29, 1.82) is 0 Å². The zero-order valence-electron chi connectivity index (χ0n) is 11.4. The van der Waals surface area contributed by atoms with Crippen LogP contribution < -0.4 is 10.1 Å². The molecule has 0 radical (unpaired) electrons. The molecule has 0 unspecified atom stereocenters. The van der Waals surface area contributed by atoms with Gasteiger partial charge in [0.1, 0.15) is 5.75 Å². The molecule has 1 aromatic rings. The second-order valence-electron chi connectivity index (χ2n) is 5.22. The van der Waals surface area contributed by atoms with Crippen LogP contribution in [0.15, 0.2) is 30.3 Å². The van der Waals surface area contributed by atoms with E-state index in [1.54, 1.807) is 0 Å². The summed E-state index contributed by atoms with van der Waals surface area (Å²) in [6.45, 7) is 1.35. The minimum atomic E-state index is 0.201. The molecular formula is C16H23NO2. The fourth-order valence-electron chi connectivity index (χ4n) is 2.56. The molecule has 0 spiro atoms. The van der Waals surface area contributed by atoms with E-state index in [4.69, 9.17) is 4.74 Å². The summed E-state index contributed by atoms with van der Waals surface area (Å²) < 4.78 is 5.57. The normalized spacial score (nSPS) is 15.4. The van der Waals surface area contributed by atoms with Crippen LogP contribution >= 0.6 is 0 Å². The van der Waals surface area contributed by atoms with Gasteiger partial charge in [0, 0.05) is 13.0 Å². The molecule has 2 rings (SSSR count). The van der Waals surface area contributed by atoms with Crippen molar-refractivity contribution in [2.45, 2.75) is 38.5 Å². The maximum atomic E-state index is 11.7. The number of hydrogen-bond acceptors (Lipinski definition) is 2. The van der Waals surface area contributed by atoms with Gasteiger partial charge in [-0.05, 0) is 37.3 Å². The number of nitrogens with one attached hydrogen (secondary N) is 1. The van der Waals surface area contributed by atoms with Crippen molar-refractivity contribution in [1.82, 2.24) is 5.32 Å². The summed E-state index contributed by atoms with van der Waals surface area (Å²) in [5, 5.41) is 2.98. The van der Waals surface area contributed by atoms with Gasteiger partial charge < -0.3 is 10.1 Å². The zero-order chi connectivity index (χ0) is 13.3. The van der Waals surface area contributed by atoms with E-state index in [9.17, 15) is 4.79 Å². The molecule has 0 saturated heterocycles. The molecule has 104 valence electrons. The quantitative estimate of drug-likeness (QED) is 0.766. The van der Waals surface area contributed by atoms with Gasteiger partial charge in [-0.1, -0.05) is 31.0 Å². The van der Waals surface area contributed by atoms with E-state index in [-0.39, 0.29) is 5.91 Å². The van der Waals surface area contributed by atoms with Crippen molar-refractivity contribution < 1.29 is 9.53 Å². The molecule has 1 N–H and O–H groups in total. The zero-order valence-corrected chi connectivity index (χ0v) is 11.4. The largest absolute Gasteiger partial charge is 0.494 e. The molecule has 0 aliphatic heterocycles. The topological polar surface area (TPSA) is 38.3 Å². The molecule has 1 aliphatic carbocycles. The minimum absolute atomic E-state index is 0.201. The number of rotatable bonds is 7. The molecule has 1 fully saturated rings. The van der Waals surface area contributed by atoms with E-state index in [1.807, 2.05) is 30.3 Å². The molecule has 1 amide bonds. The number of amides is 1. The molecule has 0 bridgehead atoms. The molecule has 3 heteroatoms. The van der Waals surface area contributed by atoms with Gasteiger partial charge in [-0.25, -0.2) is 0 Å². The van der Waals surface area contributed by atoms with Gasteiger partial charge in [-0.2, -0.15) is 0 Å². The van der Waals surface area contributed by atoms with Crippen molar-refractivity contribution in [3.63, 3.8) is 0 Å². The third kappa shape index (κ3) is 5.33. The second kappa shape index (κ2) is 7.82. The summed E-state index contributed by atoms with van der Waals surface area (Å²) in [7, 11) is 0. The molecule has 19 heavy (non-hydrogen) atoms. The van der Waals surface area contributed by atoms with E-state index >= 15 is 0 Å². The Labute approximate surface area is 115 Å². The van der Waals surface area contributed by atoms with Crippen LogP contribution in [0.1, 0.15) is 38.5 Å². The van der Waals surface area contributed by atoms with Crippen LogP contribution in [0.3, 0.4) is 0 Å². The number of para-hydroxylation sites is 1. The van der Waals surface area contributed by atoms with Crippen LogP contribution in [-0.2, 0) is 4.79 Å². The van der Waals surface area contributed by atoms with Crippen LogP contribution in [-0.4, -0.2) is 19.1 Å². The second-order valence-corrected chi connectivity index (χ2v) is 5.22. The van der Waals surface area contributed by atoms with Gasteiger partial charge in [-0.15, -0.1) is 0 Å². The highest BCUT2D eigenvalue weighted by Gasteiger charge is 2.17. The highest BCUT2D eigenvalue weighted by atomic mass is 16.5. The first-order chi connectivity index (χ1) is 9.34. The van der Waals surface area contributed by atoms with Crippen LogP contribution in [0, 0.1) is 5.92 Å². The molecule has 0 aromatic heterocycles. The Kier molecular flexibility index (Phi) is 5.73. The monoisotopic (exact) mass is 261 g/mol. The summed E-state index contributed by atoms with van der Waals surface area (Å²) in [6, 6.07) is 9.77. The summed E-state index contributed by atoms with van der Waals surface area (Å²) in [4.78, 5) is 11.7. The third-order valence-corrected chi connectivity index (χ3v) is 3.60. The van der Waals surface area contributed by atoms with Crippen molar-refractivity contribution in [2.24, 2.45) is 5.92 Å². The van der Waals surface area contributed by atoms with Gasteiger partial charge >= 0.3 is 0 Å². The van der Waals surface area contributed by atoms with E-state index < -0.39 is 0 Å². The summed E-state index contributed by atoms with van der Waals surface area (Å²) in [5.74, 6) is 1.71. The van der Waals surface area contributed by atoms with Crippen molar-refractivity contribution >= 4 is 5.91 Å².